The largest absolute Gasteiger partial charge is 0.366 e. The molecule has 0 heterocycles. The minimum Gasteiger partial charge on any atom is -0.366 e. The van der Waals surface area contributed by atoms with Gasteiger partial charge in [0.2, 0.25) is 11.8 Å². The van der Waals surface area contributed by atoms with Crippen LogP contribution in [0.5, 0.6) is 0 Å². The van der Waals surface area contributed by atoms with Gasteiger partial charge < -0.3 is 11.1 Å². The fourth-order valence-corrected chi connectivity index (χ4v) is 2.50. The number of nitrogens with two attached hydrogens (primary N) is 1. The molecule has 0 spiro atoms. The van der Waals surface area contributed by atoms with Crippen LogP contribution in [0.2, 0.25) is 0 Å². The van der Waals surface area contributed by atoms with Gasteiger partial charge in [-0.3, -0.25) is 9.59 Å². The third-order valence-electron chi connectivity index (χ3n) is 3.64. The minimum atomic E-state index is -0.834. The van der Waals surface area contributed by atoms with Crippen molar-refractivity contribution in [2.75, 3.05) is 6.54 Å². The predicted octanol–water partition coefficient (Wildman–Crippen LogP) is 1.89. The maximum Gasteiger partial charge on any atom is 0.249 e. The fraction of sp³-hybridized carbons (Fsp3) is 0.167. The highest BCUT2D eigenvalue weighted by Crippen LogP contribution is 2.25. The lowest BCUT2D eigenvalue weighted by atomic mass is 9.87. The summed E-state index contributed by atoms with van der Waals surface area (Å²) < 4.78 is 14.0. The van der Waals surface area contributed by atoms with Crippen LogP contribution >= 0.6 is 0 Å². The maximum absolute atomic E-state index is 14.0. The Morgan fingerprint density at radius 3 is 2.50 bits per heavy atom. The molecule has 0 bridgehead atoms. The number of halogens is 1. The van der Waals surface area contributed by atoms with Gasteiger partial charge >= 0.3 is 0 Å². The monoisotopic (exact) mass is 325 g/mol. The molecule has 1 unspecified atom stereocenters. The summed E-state index contributed by atoms with van der Waals surface area (Å²) in [6.45, 7) is -0.175. The van der Waals surface area contributed by atoms with Crippen LogP contribution in [0.1, 0.15) is 27.4 Å². The van der Waals surface area contributed by atoms with Crippen molar-refractivity contribution in [3.63, 3.8) is 0 Å². The first-order valence-electron chi connectivity index (χ1n) is 7.31. The van der Waals surface area contributed by atoms with E-state index in [9.17, 15) is 14.0 Å². The van der Waals surface area contributed by atoms with Crippen LogP contribution in [0.15, 0.2) is 48.5 Å². The van der Waals surface area contributed by atoms with Crippen molar-refractivity contribution in [2.24, 2.45) is 5.73 Å². The molecule has 0 aliphatic heterocycles. The molecule has 0 aliphatic rings. The first-order chi connectivity index (χ1) is 11.5. The Hall–Kier alpha value is -3.20. The summed E-state index contributed by atoms with van der Waals surface area (Å²) in [6.07, 6.45) is 0.0498. The molecule has 2 amide bonds. The highest BCUT2D eigenvalue weighted by atomic mass is 19.1. The van der Waals surface area contributed by atoms with Gasteiger partial charge in [-0.2, -0.15) is 5.26 Å². The quantitative estimate of drug-likeness (QED) is 0.794. The average Bonchev–Trinajstić information content (AvgIpc) is 2.59. The van der Waals surface area contributed by atoms with E-state index < -0.39 is 23.5 Å². The van der Waals surface area contributed by atoms with E-state index in [1.165, 1.54) is 12.1 Å². The smallest absolute Gasteiger partial charge is 0.249 e. The molecule has 122 valence electrons. The predicted molar refractivity (Wildman–Crippen MR) is 86.4 cm³/mol. The lowest BCUT2D eigenvalue weighted by molar-refractivity contribution is -0.122. The van der Waals surface area contributed by atoms with Gasteiger partial charge in [0.1, 0.15) is 12.4 Å². The van der Waals surface area contributed by atoms with E-state index in [2.05, 4.69) is 5.32 Å². The number of hydrogen-bond acceptors (Lipinski definition) is 3. The average molecular weight is 325 g/mol. The van der Waals surface area contributed by atoms with Crippen LogP contribution < -0.4 is 11.1 Å². The number of nitrogens with zero attached hydrogens (tertiary/aromatic N) is 1. The molecule has 2 rings (SSSR count). The van der Waals surface area contributed by atoms with E-state index in [1.807, 2.05) is 6.07 Å². The summed E-state index contributed by atoms with van der Waals surface area (Å²) in [5.41, 5.74) is 6.33. The Labute approximate surface area is 138 Å². The zero-order valence-corrected chi connectivity index (χ0v) is 12.8. The topological polar surface area (TPSA) is 96.0 Å². The number of nitrogens with one attached hydrogen (secondary N) is 1. The van der Waals surface area contributed by atoms with Crippen LogP contribution in [0.3, 0.4) is 0 Å². The second kappa shape index (κ2) is 7.88. The van der Waals surface area contributed by atoms with Crippen LogP contribution in [-0.4, -0.2) is 18.4 Å². The van der Waals surface area contributed by atoms with E-state index >= 15 is 0 Å². The van der Waals surface area contributed by atoms with Gasteiger partial charge in [-0.25, -0.2) is 4.39 Å². The second-order valence-electron chi connectivity index (χ2n) is 5.18. The molecule has 0 saturated carbocycles. The number of benzene rings is 2. The summed E-state index contributed by atoms with van der Waals surface area (Å²) in [5, 5.41) is 11.1. The number of carbonyl (C=O) groups excluding carboxylic acids is 2. The van der Waals surface area contributed by atoms with Crippen LogP contribution in [-0.2, 0) is 11.2 Å². The summed E-state index contributed by atoms with van der Waals surface area (Å²) in [5.74, 6) is -2.41. The number of nitriles is 1. The molecule has 24 heavy (non-hydrogen) atoms. The van der Waals surface area contributed by atoms with Crippen molar-refractivity contribution in [1.82, 2.24) is 5.32 Å². The Balaban J connectivity index is 2.44. The molecule has 1 atom stereocenters. The van der Waals surface area contributed by atoms with Gasteiger partial charge in [-0.15, -0.1) is 0 Å². The fourth-order valence-electron chi connectivity index (χ4n) is 2.50. The number of carbonyl (C=O) groups is 2. The van der Waals surface area contributed by atoms with Gasteiger partial charge in [-0.05, 0) is 29.7 Å². The summed E-state index contributed by atoms with van der Waals surface area (Å²) in [7, 11) is 0. The molecular weight excluding hydrogens is 309 g/mol. The standard InChI is InChI=1S/C18H16FN3O2/c19-16-8-4-1-5-12(16)11-15(18(24)22-10-9-20)13-6-2-3-7-14(13)17(21)23/h1-8,15H,10-11H2,(H2,21,23)(H,22,24). The normalized spacial score (nSPS) is 11.3. The summed E-state index contributed by atoms with van der Waals surface area (Å²) in [6, 6.07) is 14.4. The number of rotatable bonds is 6. The lowest BCUT2D eigenvalue weighted by Crippen LogP contribution is -2.32. The molecule has 2 aromatic carbocycles. The molecule has 3 N–H and O–H groups in total. The third kappa shape index (κ3) is 3.96. The highest BCUT2D eigenvalue weighted by molar-refractivity contribution is 5.97. The molecule has 0 aliphatic carbocycles. The van der Waals surface area contributed by atoms with E-state index in [-0.39, 0.29) is 18.5 Å². The van der Waals surface area contributed by atoms with Gasteiger partial charge in [0, 0.05) is 5.56 Å². The number of primary amides is 1. The van der Waals surface area contributed by atoms with Crippen molar-refractivity contribution in [3.05, 3.63) is 71.0 Å². The summed E-state index contributed by atoms with van der Waals surface area (Å²) in [4.78, 5) is 24.1. The van der Waals surface area contributed by atoms with Crippen LogP contribution in [0.25, 0.3) is 0 Å². The van der Waals surface area contributed by atoms with E-state index in [4.69, 9.17) is 11.0 Å². The van der Waals surface area contributed by atoms with Crippen molar-refractivity contribution in [1.29, 1.82) is 5.26 Å². The molecular formula is C18H16FN3O2. The Morgan fingerprint density at radius 1 is 1.17 bits per heavy atom. The zero-order valence-electron chi connectivity index (χ0n) is 12.8. The molecule has 2 aromatic rings. The van der Waals surface area contributed by atoms with E-state index in [1.54, 1.807) is 36.4 Å². The molecule has 6 heteroatoms. The zero-order chi connectivity index (χ0) is 17.5. The number of hydrogen-bond donors (Lipinski definition) is 2. The van der Waals surface area contributed by atoms with Gasteiger partial charge in [0.15, 0.2) is 0 Å². The van der Waals surface area contributed by atoms with Gasteiger partial charge in [0.25, 0.3) is 0 Å². The summed E-state index contributed by atoms with van der Waals surface area (Å²) >= 11 is 0. The van der Waals surface area contributed by atoms with Crippen LogP contribution in [0.4, 0.5) is 4.39 Å². The first kappa shape index (κ1) is 17.2. The van der Waals surface area contributed by atoms with Crippen molar-refractivity contribution >= 4 is 11.8 Å². The van der Waals surface area contributed by atoms with Gasteiger partial charge in [0.05, 0.1) is 12.0 Å². The molecule has 5 nitrogen and oxygen atoms in total. The maximum atomic E-state index is 14.0. The molecule has 0 fully saturated rings. The first-order valence-corrected chi connectivity index (χ1v) is 7.31. The minimum absolute atomic E-state index is 0.0498. The molecule has 0 radical (unpaired) electrons. The van der Waals surface area contributed by atoms with Crippen LogP contribution in [0, 0.1) is 17.1 Å². The molecule has 0 aromatic heterocycles. The Morgan fingerprint density at radius 2 is 1.83 bits per heavy atom. The SMILES string of the molecule is N#CCNC(=O)C(Cc1ccccc1F)c1ccccc1C(N)=O. The Kier molecular flexibility index (Phi) is 5.63. The van der Waals surface area contributed by atoms with Crippen molar-refractivity contribution in [2.45, 2.75) is 12.3 Å². The van der Waals surface area contributed by atoms with Crippen molar-refractivity contribution < 1.29 is 14.0 Å². The second-order valence-corrected chi connectivity index (χ2v) is 5.18. The lowest BCUT2D eigenvalue weighted by Gasteiger charge is -2.19. The molecule has 0 saturated heterocycles. The van der Waals surface area contributed by atoms with E-state index in [0.717, 1.165) is 0 Å². The highest BCUT2D eigenvalue weighted by Gasteiger charge is 2.25. The van der Waals surface area contributed by atoms with Gasteiger partial charge in [-0.1, -0.05) is 36.4 Å². The Bertz CT molecular complexity index is 799. The van der Waals surface area contributed by atoms with E-state index in [0.29, 0.717) is 11.1 Å². The van der Waals surface area contributed by atoms with Crippen molar-refractivity contribution in [3.8, 4) is 6.07 Å². The third-order valence-corrected chi connectivity index (χ3v) is 3.64. The number of amides is 2.